The van der Waals surface area contributed by atoms with Gasteiger partial charge in [-0.1, -0.05) is 15.9 Å². The highest BCUT2D eigenvalue weighted by molar-refractivity contribution is 9.10. The van der Waals surface area contributed by atoms with Crippen LogP contribution < -0.4 is 10.9 Å². The second kappa shape index (κ2) is 6.57. The maximum atomic E-state index is 12.7. The number of alkyl halides is 3. The molecule has 2 rings (SSSR count). The molecule has 0 fully saturated rings. The monoisotopic (exact) mass is 388 g/mol. The molecule has 0 radical (unpaired) electrons. The minimum atomic E-state index is -4.59. The Morgan fingerprint density at radius 1 is 1.17 bits per heavy atom. The first-order chi connectivity index (χ1) is 10.7. The summed E-state index contributed by atoms with van der Waals surface area (Å²) in [6, 6.07) is 7.07. The van der Waals surface area contributed by atoms with E-state index in [-0.39, 0.29) is 0 Å². The number of nitrogens with zero attached hydrogens (tertiary/aromatic N) is 1. The van der Waals surface area contributed by atoms with Crippen LogP contribution in [-0.4, -0.2) is 10.5 Å². The average Bonchev–Trinajstić information content (AvgIpc) is 2.48. The predicted octanol–water partition coefficient (Wildman–Crippen LogP) is 3.83. The van der Waals surface area contributed by atoms with Crippen LogP contribution in [0.5, 0.6) is 0 Å². The molecule has 1 amide bonds. The summed E-state index contributed by atoms with van der Waals surface area (Å²) in [6.45, 7) is 1.36. The number of hydrogen-bond donors (Lipinski definition) is 1. The highest BCUT2D eigenvalue weighted by Gasteiger charge is 2.32. The van der Waals surface area contributed by atoms with Gasteiger partial charge in [0, 0.05) is 22.4 Å². The fourth-order valence-electron chi connectivity index (χ4n) is 1.88. The molecule has 23 heavy (non-hydrogen) atoms. The van der Waals surface area contributed by atoms with Crippen LogP contribution in [-0.2, 0) is 11.0 Å². The van der Waals surface area contributed by atoms with Crippen LogP contribution in [0.3, 0.4) is 0 Å². The second-order valence-electron chi connectivity index (χ2n) is 4.83. The minimum Gasteiger partial charge on any atom is -0.324 e. The summed E-state index contributed by atoms with van der Waals surface area (Å²) in [6.07, 6.45) is -3.94. The molecule has 0 spiro atoms. The van der Waals surface area contributed by atoms with Gasteiger partial charge in [-0.05, 0) is 37.3 Å². The van der Waals surface area contributed by atoms with Crippen LogP contribution in [0.25, 0.3) is 0 Å². The van der Waals surface area contributed by atoms with E-state index in [1.165, 1.54) is 6.92 Å². The largest absolute Gasteiger partial charge is 0.417 e. The molecule has 0 aliphatic carbocycles. The van der Waals surface area contributed by atoms with Crippen molar-refractivity contribution in [1.82, 2.24) is 4.57 Å². The number of pyridine rings is 1. The zero-order valence-electron chi connectivity index (χ0n) is 11.9. The third-order valence-corrected chi connectivity index (χ3v) is 3.70. The van der Waals surface area contributed by atoms with Crippen LogP contribution in [0.15, 0.2) is 51.9 Å². The van der Waals surface area contributed by atoms with E-state index in [0.717, 1.165) is 15.1 Å². The molecule has 1 heterocycles. The van der Waals surface area contributed by atoms with Crippen molar-refractivity contribution in [2.75, 3.05) is 5.32 Å². The molecule has 0 bridgehead atoms. The van der Waals surface area contributed by atoms with Gasteiger partial charge in [-0.15, -0.1) is 0 Å². The van der Waals surface area contributed by atoms with Crippen molar-refractivity contribution >= 4 is 27.5 Å². The summed E-state index contributed by atoms with van der Waals surface area (Å²) in [5, 5.41) is 2.55. The third kappa shape index (κ3) is 4.22. The smallest absolute Gasteiger partial charge is 0.324 e. The first-order valence-corrected chi connectivity index (χ1v) is 7.33. The van der Waals surface area contributed by atoms with Gasteiger partial charge in [0.05, 0.1) is 5.56 Å². The predicted molar refractivity (Wildman–Crippen MR) is 83.2 cm³/mol. The summed E-state index contributed by atoms with van der Waals surface area (Å²) in [4.78, 5) is 23.9. The Balaban J connectivity index is 2.25. The molecule has 1 atom stereocenters. The summed E-state index contributed by atoms with van der Waals surface area (Å²) in [5.74, 6) is -0.589. The van der Waals surface area contributed by atoms with Gasteiger partial charge in [-0.25, -0.2) is 0 Å². The fourth-order valence-corrected chi connectivity index (χ4v) is 2.14. The molecule has 1 aromatic heterocycles. The Bertz CT molecular complexity index is 770. The molecular formula is C15H12BrF3N2O2. The fraction of sp³-hybridized carbons (Fsp3) is 0.200. The first-order valence-electron chi connectivity index (χ1n) is 6.54. The summed E-state index contributed by atoms with van der Waals surface area (Å²) in [7, 11) is 0. The van der Waals surface area contributed by atoms with Crippen molar-refractivity contribution in [3.05, 3.63) is 63.0 Å². The molecule has 0 saturated carbocycles. The molecule has 2 aromatic rings. The number of nitrogens with one attached hydrogen (secondary N) is 1. The van der Waals surface area contributed by atoms with Gasteiger partial charge in [-0.3, -0.25) is 9.59 Å². The van der Waals surface area contributed by atoms with E-state index in [4.69, 9.17) is 0 Å². The molecule has 4 nitrogen and oxygen atoms in total. The number of rotatable bonds is 3. The van der Waals surface area contributed by atoms with Crippen molar-refractivity contribution in [2.24, 2.45) is 0 Å². The van der Waals surface area contributed by atoms with Crippen molar-refractivity contribution in [1.29, 1.82) is 0 Å². The summed E-state index contributed by atoms with van der Waals surface area (Å²) < 4.78 is 39.8. The van der Waals surface area contributed by atoms with Crippen molar-refractivity contribution < 1.29 is 18.0 Å². The number of halogens is 4. The standard InChI is InChI=1S/C15H12BrF3N2O2/c1-9(14(23)20-12-5-3-11(16)4-6-12)21-8-10(15(17,18)19)2-7-13(21)22/h2-9H,1H3,(H,20,23). The lowest BCUT2D eigenvalue weighted by Crippen LogP contribution is -2.31. The van der Waals surface area contributed by atoms with Crippen LogP contribution in [0, 0.1) is 0 Å². The molecule has 1 aromatic carbocycles. The Labute approximate surface area is 138 Å². The quantitative estimate of drug-likeness (QED) is 0.868. The van der Waals surface area contributed by atoms with Crippen LogP contribution in [0.1, 0.15) is 18.5 Å². The van der Waals surface area contributed by atoms with Crippen LogP contribution >= 0.6 is 15.9 Å². The molecule has 0 aliphatic heterocycles. The van der Waals surface area contributed by atoms with E-state index in [0.29, 0.717) is 18.0 Å². The van der Waals surface area contributed by atoms with E-state index >= 15 is 0 Å². The number of anilines is 1. The maximum Gasteiger partial charge on any atom is 0.417 e. The van der Waals surface area contributed by atoms with Crippen molar-refractivity contribution in [3.63, 3.8) is 0 Å². The van der Waals surface area contributed by atoms with E-state index in [1.807, 2.05) is 0 Å². The summed E-state index contributed by atoms with van der Waals surface area (Å²) in [5.41, 5.74) is -1.19. The second-order valence-corrected chi connectivity index (χ2v) is 5.75. The molecule has 0 aliphatic rings. The van der Waals surface area contributed by atoms with Crippen molar-refractivity contribution in [2.45, 2.75) is 19.1 Å². The van der Waals surface area contributed by atoms with Gasteiger partial charge < -0.3 is 9.88 Å². The zero-order valence-corrected chi connectivity index (χ0v) is 13.5. The molecule has 1 unspecified atom stereocenters. The van der Waals surface area contributed by atoms with E-state index in [2.05, 4.69) is 21.2 Å². The topological polar surface area (TPSA) is 51.1 Å². The lowest BCUT2D eigenvalue weighted by Gasteiger charge is -2.17. The molecule has 1 N–H and O–H groups in total. The lowest BCUT2D eigenvalue weighted by molar-refractivity contribution is -0.138. The van der Waals surface area contributed by atoms with Gasteiger partial charge in [0.15, 0.2) is 0 Å². The van der Waals surface area contributed by atoms with Gasteiger partial charge in [0.2, 0.25) is 5.91 Å². The van der Waals surface area contributed by atoms with Crippen molar-refractivity contribution in [3.8, 4) is 0 Å². The van der Waals surface area contributed by atoms with Gasteiger partial charge in [0.25, 0.3) is 5.56 Å². The number of benzene rings is 1. The van der Waals surface area contributed by atoms with Gasteiger partial charge in [-0.2, -0.15) is 13.2 Å². The highest BCUT2D eigenvalue weighted by Crippen LogP contribution is 2.28. The molecular weight excluding hydrogens is 377 g/mol. The Kier molecular flexibility index (Phi) is 4.93. The summed E-state index contributed by atoms with van der Waals surface area (Å²) >= 11 is 3.25. The maximum absolute atomic E-state index is 12.7. The normalized spacial score (nSPS) is 12.7. The van der Waals surface area contributed by atoms with Crippen LogP contribution in [0.2, 0.25) is 0 Å². The zero-order chi connectivity index (χ0) is 17.2. The third-order valence-electron chi connectivity index (χ3n) is 3.17. The van der Waals surface area contributed by atoms with E-state index in [9.17, 15) is 22.8 Å². The van der Waals surface area contributed by atoms with Gasteiger partial charge in [0.1, 0.15) is 6.04 Å². The highest BCUT2D eigenvalue weighted by atomic mass is 79.9. The number of carbonyl (C=O) groups excluding carboxylic acids is 1. The average molecular weight is 389 g/mol. The number of aromatic nitrogens is 1. The van der Waals surface area contributed by atoms with E-state index < -0.39 is 29.2 Å². The Morgan fingerprint density at radius 2 is 1.78 bits per heavy atom. The van der Waals surface area contributed by atoms with E-state index in [1.54, 1.807) is 24.3 Å². The number of amides is 1. The number of hydrogen-bond acceptors (Lipinski definition) is 2. The van der Waals surface area contributed by atoms with Gasteiger partial charge >= 0.3 is 6.18 Å². The van der Waals surface area contributed by atoms with Crippen LogP contribution in [0.4, 0.5) is 18.9 Å². The molecule has 122 valence electrons. The minimum absolute atomic E-state index is 0.477. The first kappa shape index (κ1) is 17.3. The lowest BCUT2D eigenvalue weighted by atomic mass is 10.2. The SMILES string of the molecule is CC(C(=O)Nc1ccc(Br)cc1)n1cc(C(F)(F)F)ccc1=O. The number of carbonyl (C=O) groups is 1. The molecule has 8 heteroatoms. The molecule has 0 saturated heterocycles. The Hall–Kier alpha value is -2.09. The Morgan fingerprint density at radius 3 is 2.35 bits per heavy atom.